The van der Waals surface area contributed by atoms with Crippen molar-refractivity contribution < 1.29 is 19.5 Å². The van der Waals surface area contributed by atoms with E-state index in [0.717, 1.165) is 44.5 Å². The van der Waals surface area contributed by atoms with Gasteiger partial charge in [-0.15, -0.1) is 12.4 Å². The summed E-state index contributed by atoms with van der Waals surface area (Å²) in [7, 11) is 0. The molecular formula is C14H20ClN4O3+. The van der Waals surface area contributed by atoms with E-state index < -0.39 is 0 Å². The highest BCUT2D eigenvalue weighted by Gasteiger charge is 2.49. The average Bonchev–Trinajstić information content (AvgIpc) is 2.39. The smallest absolute Gasteiger partial charge is 0.217 e. The predicted octanol–water partition coefficient (Wildman–Crippen LogP) is 0.211. The molecule has 1 aromatic rings. The lowest BCUT2D eigenvalue weighted by molar-refractivity contribution is -0.973. The lowest BCUT2D eigenvalue weighted by atomic mass is 10.1. The van der Waals surface area contributed by atoms with Gasteiger partial charge in [-0.2, -0.15) is 0 Å². The second-order valence-electron chi connectivity index (χ2n) is 6.49. The number of phenols is 2. The fraction of sp³-hybridized carbons (Fsp3) is 0.500. The Balaban J connectivity index is 0.00000144. The number of hydrogen-bond donors (Lipinski definition) is 2. The van der Waals surface area contributed by atoms with Crippen molar-refractivity contribution in [2.24, 2.45) is 0 Å². The van der Waals surface area contributed by atoms with Gasteiger partial charge in [-0.05, 0) is 18.2 Å². The highest BCUT2D eigenvalue weighted by atomic mass is 35.5. The van der Waals surface area contributed by atoms with E-state index in [1.54, 1.807) is 6.07 Å². The Morgan fingerprint density at radius 3 is 2.05 bits per heavy atom. The zero-order chi connectivity index (χ0) is 14.6. The van der Waals surface area contributed by atoms with Crippen LogP contribution in [0.4, 0.5) is 0 Å². The molecule has 4 aliphatic rings. The van der Waals surface area contributed by atoms with E-state index in [0.29, 0.717) is 12.1 Å². The fourth-order valence-corrected chi connectivity index (χ4v) is 3.90. The van der Waals surface area contributed by atoms with E-state index in [1.165, 1.54) is 12.1 Å². The predicted molar refractivity (Wildman–Crippen MR) is 81.2 cm³/mol. The van der Waals surface area contributed by atoms with Crippen LogP contribution in [0.15, 0.2) is 18.2 Å². The zero-order valence-electron chi connectivity index (χ0n) is 12.2. The van der Waals surface area contributed by atoms with Crippen LogP contribution in [0.25, 0.3) is 0 Å². The molecular weight excluding hydrogens is 308 g/mol. The third-order valence-electron chi connectivity index (χ3n) is 4.48. The minimum absolute atomic E-state index is 0. The number of ketones is 1. The number of rotatable bonds is 3. The number of benzene rings is 1. The number of quaternary nitrogens is 1. The quantitative estimate of drug-likeness (QED) is 0.470. The fourth-order valence-electron chi connectivity index (χ4n) is 3.90. The van der Waals surface area contributed by atoms with Crippen molar-refractivity contribution in [1.29, 1.82) is 0 Å². The zero-order valence-corrected chi connectivity index (χ0v) is 13.0. The number of carbonyl (C=O) groups excluding carboxylic acids is 1. The topological polar surface area (TPSA) is 67.3 Å². The van der Waals surface area contributed by atoms with Crippen molar-refractivity contribution in [1.82, 2.24) is 14.7 Å². The van der Waals surface area contributed by atoms with Crippen LogP contribution in [0.2, 0.25) is 0 Å². The lowest BCUT2D eigenvalue weighted by Crippen LogP contribution is -2.79. The first-order chi connectivity index (χ1) is 10.0. The maximum atomic E-state index is 12.5. The van der Waals surface area contributed by atoms with Crippen molar-refractivity contribution in [2.45, 2.75) is 0 Å². The Hall–Kier alpha value is -1.38. The van der Waals surface area contributed by atoms with Crippen LogP contribution in [0.5, 0.6) is 11.5 Å². The average molecular weight is 328 g/mol. The van der Waals surface area contributed by atoms with E-state index in [4.69, 9.17) is 0 Å². The number of Topliss-reactive ketones (excluding diaryl/α,β-unsaturated/α-hetero) is 1. The van der Waals surface area contributed by atoms with Gasteiger partial charge in [0.05, 0.1) is 20.0 Å². The standard InChI is InChI=1S/C14H18N4O3.ClH/c19-12-2-1-11(3-13(12)20)14(21)4-18-8-15-5-16(9-18)7-17(6-15)10-18;/h1-3H,4-10H2,(H-,19,20,21);1H/p+1. The SMILES string of the molecule is Cl.O=C(C[N+]12CN3CN(CN(C3)C1)C2)c1ccc(O)c(O)c1. The second-order valence-corrected chi connectivity index (χ2v) is 6.49. The van der Waals surface area contributed by atoms with Gasteiger partial charge in [0.25, 0.3) is 0 Å². The summed E-state index contributed by atoms with van der Waals surface area (Å²) in [6, 6.07) is 4.29. The first-order valence-electron chi connectivity index (χ1n) is 7.10. The number of aromatic hydroxyl groups is 2. The van der Waals surface area contributed by atoms with Crippen LogP contribution in [0, 0.1) is 0 Å². The molecule has 0 spiro atoms. The largest absolute Gasteiger partial charge is 0.504 e. The maximum absolute atomic E-state index is 12.5. The Bertz CT molecular complexity index is 574. The van der Waals surface area contributed by atoms with E-state index in [2.05, 4.69) is 14.7 Å². The molecule has 4 aliphatic heterocycles. The molecule has 8 heteroatoms. The molecule has 4 saturated heterocycles. The molecule has 0 radical (unpaired) electrons. The van der Waals surface area contributed by atoms with E-state index in [-0.39, 0.29) is 29.7 Å². The highest BCUT2D eigenvalue weighted by Crippen LogP contribution is 2.30. The molecule has 0 amide bonds. The van der Waals surface area contributed by atoms with E-state index in [9.17, 15) is 15.0 Å². The first kappa shape index (κ1) is 15.5. The van der Waals surface area contributed by atoms with Crippen molar-refractivity contribution >= 4 is 18.2 Å². The number of halogens is 1. The van der Waals surface area contributed by atoms with Crippen molar-refractivity contribution in [2.75, 3.05) is 46.6 Å². The molecule has 0 atom stereocenters. The summed E-state index contributed by atoms with van der Waals surface area (Å²) >= 11 is 0. The Labute approximate surface area is 134 Å². The molecule has 0 unspecified atom stereocenters. The summed E-state index contributed by atoms with van der Waals surface area (Å²) in [6.45, 7) is 6.11. The van der Waals surface area contributed by atoms with Crippen LogP contribution in [-0.2, 0) is 0 Å². The summed E-state index contributed by atoms with van der Waals surface area (Å²) in [6.07, 6.45) is 0. The minimum atomic E-state index is -0.241. The number of carbonyl (C=O) groups is 1. The third-order valence-corrected chi connectivity index (χ3v) is 4.48. The Kier molecular flexibility index (Phi) is 3.78. The van der Waals surface area contributed by atoms with Crippen LogP contribution >= 0.6 is 12.4 Å². The molecule has 0 aliphatic carbocycles. The molecule has 7 nitrogen and oxygen atoms in total. The molecule has 22 heavy (non-hydrogen) atoms. The van der Waals surface area contributed by atoms with Crippen LogP contribution in [0.3, 0.4) is 0 Å². The molecule has 0 saturated carbocycles. The van der Waals surface area contributed by atoms with Gasteiger partial charge in [0.2, 0.25) is 5.78 Å². The molecule has 2 N–H and O–H groups in total. The molecule has 0 aromatic heterocycles. The van der Waals surface area contributed by atoms with Gasteiger partial charge in [-0.1, -0.05) is 0 Å². The van der Waals surface area contributed by atoms with Crippen molar-refractivity contribution in [3.8, 4) is 11.5 Å². The summed E-state index contributed by atoms with van der Waals surface area (Å²) in [5, 5.41) is 18.9. The molecule has 5 rings (SSSR count). The number of hydrogen-bond acceptors (Lipinski definition) is 6. The minimum Gasteiger partial charge on any atom is -0.504 e. The van der Waals surface area contributed by atoms with E-state index >= 15 is 0 Å². The van der Waals surface area contributed by atoms with Gasteiger partial charge < -0.3 is 10.2 Å². The summed E-state index contributed by atoms with van der Waals surface area (Å²) in [5.41, 5.74) is 0.458. The van der Waals surface area contributed by atoms with Gasteiger partial charge in [-0.25, -0.2) is 14.7 Å². The maximum Gasteiger partial charge on any atom is 0.217 e. The summed E-state index contributed by atoms with van der Waals surface area (Å²) in [4.78, 5) is 19.6. The number of phenolic OH excluding ortho intramolecular Hbond substituents is 2. The summed E-state index contributed by atoms with van der Waals surface area (Å²) < 4.78 is 0.737. The Morgan fingerprint density at radius 1 is 1.00 bits per heavy atom. The lowest BCUT2D eigenvalue weighted by Gasteiger charge is -2.60. The van der Waals surface area contributed by atoms with Crippen LogP contribution < -0.4 is 0 Å². The number of nitrogens with zero attached hydrogens (tertiary/aromatic N) is 4. The summed E-state index contributed by atoms with van der Waals surface area (Å²) in [5.74, 6) is -0.426. The van der Waals surface area contributed by atoms with Crippen molar-refractivity contribution in [3.05, 3.63) is 23.8 Å². The van der Waals surface area contributed by atoms with Gasteiger partial charge in [-0.3, -0.25) is 9.28 Å². The van der Waals surface area contributed by atoms with Gasteiger partial charge >= 0.3 is 0 Å². The van der Waals surface area contributed by atoms with E-state index in [1.807, 2.05) is 0 Å². The first-order valence-corrected chi connectivity index (χ1v) is 7.10. The van der Waals surface area contributed by atoms with Crippen LogP contribution in [0.1, 0.15) is 10.4 Å². The second kappa shape index (κ2) is 5.36. The third kappa shape index (κ3) is 2.55. The normalized spacial score (nSPS) is 35.2. The molecule has 4 heterocycles. The van der Waals surface area contributed by atoms with Crippen molar-refractivity contribution in [3.63, 3.8) is 0 Å². The molecule has 4 fully saturated rings. The molecule has 120 valence electrons. The van der Waals surface area contributed by atoms with Gasteiger partial charge in [0.1, 0.15) is 26.6 Å². The highest BCUT2D eigenvalue weighted by molar-refractivity contribution is 5.97. The van der Waals surface area contributed by atoms with Gasteiger partial charge in [0.15, 0.2) is 11.5 Å². The molecule has 1 aromatic carbocycles. The Morgan fingerprint density at radius 2 is 1.55 bits per heavy atom. The van der Waals surface area contributed by atoms with Crippen LogP contribution in [-0.4, -0.2) is 81.7 Å². The monoisotopic (exact) mass is 327 g/mol. The van der Waals surface area contributed by atoms with Gasteiger partial charge in [0, 0.05) is 5.56 Å². The molecule has 4 bridgehead atoms.